The summed E-state index contributed by atoms with van der Waals surface area (Å²) >= 11 is 5.80. The zero-order chi connectivity index (χ0) is 13.9. The molecule has 0 amide bonds. The minimum atomic E-state index is -0.0206. The Hall–Kier alpha value is -2.04. The van der Waals surface area contributed by atoms with Crippen LogP contribution in [0.4, 0.5) is 0 Å². The largest absolute Gasteiger partial charge is 0.484 e. The van der Waals surface area contributed by atoms with E-state index in [4.69, 9.17) is 25.9 Å². The van der Waals surface area contributed by atoms with Gasteiger partial charge in [-0.1, -0.05) is 17.7 Å². The van der Waals surface area contributed by atoms with Crippen molar-refractivity contribution < 1.29 is 14.3 Å². The molecular formula is C15H12ClNO3. The van der Waals surface area contributed by atoms with E-state index in [-0.39, 0.29) is 13.2 Å². The van der Waals surface area contributed by atoms with E-state index in [1.807, 2.05) is 12.1 Å². The smallest absolute Gasteiger partial charge is 0.233 e. The molecule has 0 fully saturated rings. The summed E-state index contributed by atoms with van der Waals surface area (Å²) in [6.45, 7) is 0.220. The third kappa shape index (κ3) is 2.76. The van der Waals surface area contributed by atoms with E-state index < -0.39 is 0 Å². The summed E-state index contributed by atoms with van der Waals surface area (Å²) in [5.41, 5.74) is 2.18. The molecule has 4 nitrogen and oxygen atoms in total. The van der Waals surface area contributed by atoms with Crippen LogP contribution in [0.1, 0.15) is 11.5 Å². The van der Waals surface area contributed by atoms with E-state index in [1.54, 1.807) is 30.3 Å². The van der Waals surface area contributed by atoms with Crippen LogP contribution in [0.15, 0.2) is 46.9 Å². The van der Waals surface area contributed by atoms with Crippen molar-refractivity contribution in [2.75, 3.05) is 0 Å². The molecule has 0 saturated heterocycles. The number of halogens is 1. The Balaban J connectivity index is 1.75. The van der Waals surface area contributed by atoms with E-state index in [0.717, 1.165) is 11.1 Å². The lowest BCUT2D eigenvalue weighted by molar-refractivity contribution is 0.267. The lowest BCUT2D eigenvalue weighted by Crippen LogP contribution is -1.94. The number of ether oxygens (including phenoxy) is 1. The van der Waals surface area contributed by atoms with Gasteiger partial charge >= 0.3 is 0 Å². The van der Waals surface area contributed by atoms with Gasteiger partial charge in [0.25, 0.3) is 0 Å². The molecule has 3 rings (SSSR count). The van der Waals surface area contributed by atoms with E-state index in [1.165, 1.54) is 0 Å². The summed E-state index contributed by atoms with van der Waals surface area (Å²) < 4.78 is 11.2. The second kappa shape index (κ2) is 5.53. The Kier molecular flexibility index (Phi) is 3.58. The normalized spacial score (nSPS) is 10.9. The summed E-state index contributed by atoms with van der Waals surface area (Å²) in [6, 6.07) is 12.5. The molecule has 0 unspecified atom stereocenters. The zero-order valence-corrected chi connectivity index (χ0v) is 11.3. The molecular weight excluding hydrogens is 278 g/mol. The molecule has 0 spiro atoms. The molecule has 102 valence electrons. The predicted molar refractivity (Wildman–Crippen MR) is 75.7 cm³/mol. The number of hydrogen-bond acceptors (Lipinski definition) is 4. The lowest BCUT2D eigenvalue weighted by Gasteiger charge is -2.02. The van der Waals surface area contributed by atoms with Crippen LogP contribution in [0.2, 0.25) is 5.02 Å². The van der Waals surface area contributed by atoms with Crippen LogP contribution in [0.5, 0.6) is 5.75 Å². The Morgan fingerprint density at radius 2 is 1.95 bits per heavy atom. The van der Waals surface area contributed by atoms with Gasteiger partial charge in [0.15, 0.2) is 12.2 Å². The first-order valence-electron chi connectivity index (χ1n) is 6.12. The summed E-state index contributed by atoms with van der Waals surface area (Å²) in [6.07, 6.45) is 0. The van der Waals surface area contributed by atoms with Crippen molar-refractivity contribution in [3.05, 3.63) is 58.9 Å². The highest BCUT2D eigenvalue weighted by molar-refractivity contribution is 6.30. The zero-order valence-electron chi connectivity index (χ0n) is 10.5. The summed E-state index contributed by atoms with van der Waals surface area (Å²) in [5, 5.41) is 9.74. The number of benzene rings is 2. The highest BCUT2D eigenvalue weighted by atomic mass is 35.5. The van der Waals surface area contributed by atoms with E-state index in [2.05, 4.69) is 4.98 Å². The summed E-state index contributed by atoms with van der Waals surface area (Å²) in [4.78, 5) is 4.32. The fraction of sp³-hybridized carbons (Fsp3) is 0.133. The van der Waals surface area contributed by atoms with Crippen LogP contribution >= 0.6 is 11.6 Å². The topological polar surface area (TPSA) is 55.5 Å². The van der Waals surface area contributed by atoms with Crippen molar-refractivity contribution in [1.82, 2.24) is 4.98 Å². The minimum absolute atomic E-state index is 0.0206. The van der Waals surface area contributed by atoms with Crippen LogP contribution in [0, 0.1) is 0 Å². The molecule has 2 aromatic carbocycles. The van der Waals surface area contributed by atoms with Crippen LogP contribution in [0.3, 0.4) is 0 Å². The second-order valence-electron chi connectivity index (χ2n) is 4.31. The van der Waals surface area contributed by atoms with Gasteiger partial charge < -0.3 is 14.3 Å². The molecule has 1 aromatic heterocycles. The summed E-state index contributed by atoms with van der Waals surface area (Å²) in [7, 11) is 0. The number of aromatic nitrogens is 1. The van der Waals surface area contributed by atoms with Gasteiger partial charge in [-0.3, -0.25) is 0 Å². The SMILES string of the molecule is OCc1ccc2nc(COc3ccc(Cl)cc3)oc2c1. The minimum Gasteiger partial charge on any atom is -0.484 e. The molecule has 0 bridgehead atoms. The first-order chi connectivity index (χ1) is 9.74. The van der Waals surface area contributed by atoms with Gasteiger partial charge in [0.1, 0.15) is 11.3 Å². The average Bonchev–Trinajstić information content (AvgIpc) is 2.88. The third-order valence-corrected chi connectivity index (χ3v) is 3.11. The van der Waals surface area contributed by atoms with Crippen molar-refractivity contribution in [2.45, 2.75) is 13.2 Å². The predicted octanol–water partition coefficient (Wildman–Crippen LogP) is 3.55. The van der Waals surface area contributed by atoms with Gasteiger partial charge in [0.05, 0.1) is 6.61 Å². The number of hydrogen-bond donors (Lipinski definition) is 1. The molecule has 0 radical (unpaired) electrons. The monoisotopic (exact) mass is 289 g/mol. The van der Waals surface area contributed by atoms with E-state index in [9.17, 15) is 0 Å². The highest BCUT2D eigenvalue weighted by Crippen LogP contribution is 2.20. The van der Waals surface area contributed by atoms with Gasteiger partial charge in [-0.05, 0) is 42.0 Å². The molecule has 0 aliphatic carbocycles. The number of oxazole rings is 1. The molecule has 0 aliphatic heterocycles. The third-order valence-electron chi connectivity index (χ3n) is 2.86. The number of aliphatic hydroxyl groups excluding tert-OH is 1. The molecule has 0 atom stereocenters. The second-order valence-corrected chi connectivity index (χ2v) is 4.75. The van der Waals surface area contributed by atoms with Crippen LogP contribution in [0.25, 0.3) is 11.1 Å². The Labute approximate surface area is 120 Å². The van der Waals surface area contributed by atoms with Gasteiger partial charge in [-0.2, -0.15) is 0 Å². The molecule has 0 saturated carbocycles. The number of rotatable bonds is 4. The fourth-order valence-corrected chi connectivity index (χ4v) is 1.98. The number of aliphatic hydroxyl groups is 1. The molecule has 3 aromatic rings. The molecule has 5 heteroatoms. The van der Waals surface area contributed by atoms with Crippen molar-refractivity contribution >= 4 is 22.7 Å². The van der Waals surface area contributed by atoms with Crippen LogP contribution < -0.4 is 4.74 Å². The van der Waals surface area contributed by atoms with Crippen LogP contribution in [-0.4, -0.2) is 10.1 Å². The molecule has 20 heavy (non-hydrogen) atoms. The quantitative estimate of drug-likeness (QED) is 0.798. The highest BCUT2D eigenvalue weighted by Gasteiger charge is 2.07. The Morgan fingerprint density at radius 3 is 2.70 bits per heavy atom. The van der Waals surface area contributed by atoms with Crippen LogP contribution in [-0.2, 0) is 13.2 Å². The Bertz CT molecular complexity index is 722. The molecule has 1 heterocycles. The maximum absolute atomic E-state index is 9.08. The summed E-state index contributed by atoms with van der Waals surface area (Å²) in [5.74, 6) is 1.19. The van der Waals surface area contributed by atoms with Gasteiger partial charge in [-0.15, -0.1) is 0 Å². The Morgan fingerprint density at radius 1 is 1.15 bits per heavy atom. The van der Waals surface area contributed by atoms with Gasteiger partial charge in [0.2, 0.25) is 5.89 Å². The number of nitrogens with zero attached hydrogens (tertiary/aromatic N) is 1. The van der Waals surface area contributed by atoms with Crippen molar-refractivity contribution in [3.8, 4) is 5.75 Å². The van der Waals surface area contributed by atoms with E-state index in [0.29, 0.717) is 22.2 Å². The molecule has 1 N–H and O–H groups in total. The standard InChI is InChI=1S/C15H12ClNO3/c16-11-2-4-12(5-3-11)19-9-15-17-13-6-1-10(8-18)7-14(13)20-15/h1-7,18H,8-9H2. The van der Waals surface area contributed by atoms with Gasteiger partial charge in [-0.25, -0.2) is 4.98 Å². The van der Waals surface area contributed by atoms with Crippen molar-refractivity contribution in [3.63, 3.8) is 0 Å². The van der Waals surface area contributed by atoms with E-state index >= 15 is 0 Å². The maximum atomic E-state index is 9.08. The van der Waals surface area contributed by atoms with Crippen molar-refractivity contribution in [2.24, 2.45) is 0 Å². The lowest BCUT2D eigenvalue weighted by atomic mass is 10.2. The average molecular weight is 290 g/mol. The first kappa shape index (κ1) is 13.0. The molecule has 0 aliphatic rings. The fourth-order valence-electron chi connectivity index (χ4n) is 1.85. The van der Waals surface area contributed by atoms with Gasteiger partial charge in [0, 0.05) is 5.02 Å². The first-order valence-corrected chi connectivity index (χ1v) is 6.50. The maximum Gasteiger partial charge on any atom is 0.233 e. The number of fused-ring (bicyclic) bond motifs is 1. The van der Waals surface area contributed by atoms with Crippen molar-refractivity contribution in [1.29, 1.82) is 0 Å².